The fraction of sp³-hybridized carbons (Fsp3) is 0.158. The van der Waals surface area contributed by atoms with Gasteiger partial charge in [-0.2, -0.15) is 36.3 Å². The molecule has 0 aromatic heterocycles. The molecule has 2 aromatic carbocycles. The van der Waals surface area contributed by atoms with Crippen LogP contribution in [0, 0.1) is 0 Å². The largest absolute Gasteiger partial charge is 0.478 e. The quantitative estimate of drug-likeness (QED) is 0.362. The van der Waals surface area contributed by atoms with Crippen LogP contribution >= 0.6 is 0 Å². The molecule has 0 atom stereocenters. The van der Waals surface area contributed by atoms with Crippen molar-refractivity contribution in [1.29, 1.82) is 0 Å². The molecule has 2 rings (SSSR count). The van der Waals surface area contributed by atoms with Gasteiger partial charge in [-0.05, 0) is 35.4 Å². The van der Waals surface area contributed by atoms with Gasteiger partial charge in [0.2, 0.25) is 17.6 Å². The molecule has 33 heavy (non-hydrogen) atoms. The SMILES string of the molecule is O=C=Nc1ccc(C(c2ccc(N=C=O)cc2C(=O)O)(C(F)(F)F)C(F)(F)F)c(C(=O)O)c1. The number of carbonyl (C=O) groups excluding carboxylic acids is 2. The molecule has 0 fully saturated rings. The topological polar surface area (TPSA) is 133 Å². The van der Waals surface area contributed by atoms with Gasteiger partial charge in [0.1, 0.15) is 0 Å². The number of alkyl halides is 6. The van der Waals surface area contributed by atoms with Gasteiger partial charge in [-0.25, -0.2) is 19.2 Å². The molecule has 8 nitrogen and oxygen atoms in total. The molecule has 0 heterocycles. The maximum atomic E-state index is 14.3. The molecule has 0 amide bonds. The number of carboxylic acid groups (broad SMARTS) is 2. The predicted octanol–water partition coefficient (Wildman–Crippen LogP) is 4.43. The Balaban J connectivity index is 3.21. The standard InChI is InChI=1S/C19H8F6N2O6/c20-18(21,22)17(19(23,24)25,13-3-1-9(26-7-28)5-11(13)15(30)31)14-4-2-10(27-8-29)6-12(14)16(32)33/h1-6H,(H,30,31)(H,32,33). The Kier molecular flexibility index (Phi) is 6.58. The van der Waals surface area contributed by atoms with Crippen molar-refractivity contribution in [3.63, 3.8) is 0 Å². The molecular weight excluding hydrogens is 466 g/mol. The van der Waals surface area contributed by atoms with E-state index in [0.29, 0.717) is 12.1 Å². The molecule has 2 aromatic rings. The molecule has 0 aliphatic rings. The van der Waals surface area contributed by atoms with Crippen LogP contribution in [0.25, 0.3) is 0 Å². The second-order valence-electron chi connectivity index (χ2n) is 6.22. The maximum Gasteiger partial charge on any atom is 0.411 e. The number of aliphatic imine (C=N–C) groups is 2. The third-order valence-electron chi connectivity index (χ3n) is 4.48. The highest BCUT2D eigenvalue weighted by atomic mass is 19.4. The molecule has 0 bridgehead atoms. The number of aromatic carboxylic acids is 2. The van der Waals surface area contributed by atoms with Crippen molar-refractivity contribution >= 4 is 35.5 Å². The summed E-state index contributed by atoms with van der Waals surface area (Å²) in [5, 5.41) is 18.7. The third kappa shape index (κ3) is 4.25. The van der Waals surface area contributed by atoms with Gasteiger partial charge in [0.25, 0.3) is 0 Å². The molecule has 0 spiro atoms. The first-order valence-electron chi connectivity index (χ1n) is 8.27. The zero-order valence-corrected chi connectivity index (χ0v) is 15.7. The number of carboxylic acids is 2. The van der Waals surface area contributed by atoms with Crippen LogP contribution in [0.2, 0.25) is 0 Å². The Labute approximate surface area is 178 Å². The van der Waals surface area contributed by atoms with E-state index in [-0.39, 0.29) is 24.3 Å². The minimum atomic E-state index is -6.33. The molecule has 0 saturated heterocycles. The van der Waals surface area contributed by atoms with Crippen molar-refractivity contribution in [1.82, 2.24) is 0 Å². The van der Waals surface area contributed by atoms with E-state index in [9.17, 15) is 55.7 Å². The number of nitrogens with zero attached hydrogens (tertiary/aromatic N) is 2. The summed E-state index contributed by atoms with van der Waals surface area (Å²) < 4.78 is 86.1. The number of hydrogen-bond donors (Lipinski definition) is 2. The lowest BCUT2D eigenvalue weighted by atomic mass is 9.69. The summed E-state index contributed by atoms with van der Waals surface area (Å²) in [7, 11) is 0. The first kappa shape index (κ1) is 25.0. The highest BCUT2D eigenvalue weighted by Crippen LogP contribution is 2.58. The number of rotatable bonds is 6. The lowest BCUT2D eigenvalue weighted by molar-refractivity contribution is -0.288. The van der Waals surface area contributed by atoms with Crippen LogP contribution in [0.5, 0.6) is 0 Å². The smallest absolute Gasteiger partial charge is 0.411 e. The molecule has 0 radical (unpaired) electrons. The van der Waals surface area contributed by atoms with Crippen LogP contribution in [0.4, 0.5) is 37.7 Å². The van der Waals surface area contributed by atoms with Gasteiger partial charge >= 0.3 is 24.3 Å². The van der Waals surface area contributed by atoms with Crippen LogP contribution in [0.15, 0.2) is 46.4 Å². The van der Waals surface area contributed by atoms with Crippen LogP contribution < -0.4 is 0 Å². The van der Waals surface area contributed by atoms with Gasteiger partial charge in [0.15, 0.2) is 0 Å². The maximum absolute atomic E-state index is 14.3. The average Bonchev–Trinajstić information content (AvgIpc) is 2.68. The van der Waals surface area contributed by atoms with Crippen LogP contribution in [0.3, 0.4) is 0 Å². The molecule has 14 heteroatoms. The summed E-state index contributed by atoms with van der Waals surface area (Å²) in [6.45, 7) is 0. The molecule has 0 aliphatic carbocycles. The number of halogens is 6. The Bertz CT molecular complexity index is 1130. The van der Waals surface area contributed by atoms with Crippen molar-refractivity contribution in [3.8, 4) is 0 Å². The van der Waals surface area contributed by atoms with E-state index < -0.39 is 63.3 Å². The van der Waals surface area contributed by atoms with Gasteiger partial charge in [0.05, 0.1) is 22.5 Å². The van der Waals surface area contributed by atoms with Crippen molar-refractivity contribution in [2.24, 2.45) is 9.98 Å². The zero-order valence-electron chi connectivity index (χ0n) is 15.7. The van der Waals surface area contributed by atoms with Crippen LogP contribution in [-0.4, -0.2) is 46.7 Å². The fourth-order valence-corrected chi connectivity index (χ4v) is 3.23. The second-order valence-corrected chi connectivity index (χ2v) is 6.22. The summed E-state index contributed by atoms with van der Waals surface area (Å²) in [5.41, 5.74) is -13.2. The third-order valence-corrected chi connectivity index (χ3v) is 4.48. The van der Waals surface area contributed by atoms with Crippen molar-refractivity contribution in [2.45, 2.75) is 17.8 Å². The lowest BCUT2D eigenvalue weighted by Gasteiger charge is -2.39. The van der Waals surface area contributed by atoms with Gasteiger partial charge in [-0.3, -0.25) is 0 Å². The Morgan fingerprint density at radius 1 is 0.697 bits per heavy atom. The Morgan fingerprint density at radius 3 is 1.27 bits per heavy atom. The van der Waals surface area contributed by atoms with E-state index in [2.05, 4.69) is 9.98 Å². The summed E-state index contributed by atoms with van der Waals surface area (Å²) >= 11 is 0. The molecule has 0 unspecified atom stereocenters. The number of isocyanates is 2. The first-order valence-corrected chi connectivity index (χ1v) is 8.27. The van der Waals surface area contributed by atoms with Crippen LogP contribution in [0.1, 0.15) is 31.8 Å². The van der Waals surface area contributed by atoms with E-state index in [1.165, 1.54) is 0 Å². The predicted molar refractivity (Wildman–Crippen MR) is 95.3 cm³/mol. The van der Waals surface area contributed by atoms with Crippen molar-refractivity contribution < 1.29 is 55.7 Å². The fourth-order valence-electron chi connectivity index (χ4n) is 3.23. The number of hydrogen-bond acceptors (Lipinski definition) is 6. The Morgan fingerprint density at radius 2 is 1.03 bits per heavy atom. The molecule has 2 N–H and O–H groups in total. The summed E-state index contributed by atoms with van der Waals surface area (Å²) in [5.74, 6) is -4.49. The molecule has 172 valence electrons. The van der Waals surface area contributed by atoms with E-state index >= 15 is 0 Å². The summed E-state index contributed by atoms with van der Waals surface area (Å²) in [6, 6.07) is 1.82. The second kappa shape index (κ2) is 8.69. The first-order chi connectivity index (χ1) is 15.2. The lowest BCUT2D eigenvalue weighted by Crippen LogP contribution is -2.56. The van der Waals surface area contributed by atoms with E-state index in [1.807, 2.05) is 0 Å². The van der Waals surface area contributed by atoms with Crippen LogP contribution in [-0.2, 0) is 15.0 Å². The minimum absolute atomic E-state index is 0.129. The van der Waals surface area contributed by atoms with Gasteiger partial charge < -0.3 is 10.2 Å². The Hall–Kier alpha value is -4.28. The average molecular weight is 474 g/mol. The summed E-state index contributed by atoms with van der Waals surface area (Å²) in [6.07, 6.45) is -10.7. The number of carbonyl (C=O) groups is 2. The van der Waals surface area contributed by atoms with E-state index in [4.69, 9.17) is 0 Å². The molecule has 0 aliphatic heterocycles. The molecule has 0 saturated carbocycles. The zero-order chi connectivity index (χ0) is 25.2. The van der Waals surface area contributed by atoms with Crippen molar-refractivity contribution in [3.05, 3.63) is 58.7 Å². The number of benzene rings is 2. The molecular formula is C19H8F6N2O6. The van der Waals surface area contributed by atoms with Crippen molar-refractivity contribution in [2.75, 3.05) is 0 Å². The summed E-state index contributed by atoms with van der Waals surface area (Å²) in [4.78, 5) is 49.9. The highest BCUT2D eigenvalue weighted by Gasteiger charge is 2.74. The van der Waals surface area contributed by atoms with E-state index in [0.717, 1.165) is 12.2 Å². The minimum Gasteiger partial charge on any atom is -0.478 e. The van der Waals surface area contributed by atoms with Gasteiger partial charge in [0, 0.05) is 0 Å². The van der Waals surface area contributed by atoms with Gasteiger partial charge in [-0.15, -0.1) is 0 Å². The van der Waals surface area contributed by atoms with Gasteiger partial charge in [-0.1, -0.05) is 12.1 Å². The normalized spacial score (nSPS) is 11.8. The highest BCUT2D eigenvalue weighted by molar-refractivity contribution is 5.94. The monoisotopic (exact) mass is 474 g/mol. The van der Waals surface area contributed by atoms with E-state index in [1.54, 1.807) is 0 Å².